The van der Waals surface area contributed by atoms with Crippen molar-refractivity contribution in [1.29, 1.82) is 0 Å². The first-order valence-corrected chi connectivity index (χ1v) is 9.61. The number of rotatable bonds is 6. The molecule has 0 heterocycles. The topological polar surface area (TPSA) is 75.6 Å². The zero-order valence-electron chi connectivity index (χ0n) is 16.0. The fraction of sp³-hybridized carbons (Fsp3) is 0.167. The van der Waals surface area contributed by atoms with Gasteiger partial charge in [-0.1, -0.05) is 60.7 Å². The van der Waals surface area contributed by atoms with Crippen molar-refractivity contribution in [2.24, 2.45) is 0 Å². The third kappa shape index (κ3) is 4.03. The lowest BCUT2D eigenvalue weighted by Gasteiger charge is -2.17. The molecule has 3 aromatic rings. The van der Waals surface area contributed by atoms with Gasteiger partial charge < -0.3 is 15.2 Å². The molecule has 0 spiro atoms. The molecule has 0 saturated carbocycles. The molecule has 2 N–H and O–H groups in total. The summed E-state index contributed by atoms with van der Waals surface area (Å²) in [4.78, 5) is 23.9. The van der Waals surface area contributed by atoms with Crippen LogP contribution in [0.5, 0.6) is 0 Å². The summed E-state index contributed by atoms with van der Waals surface area (Å²) in [6.07, 6.45) is -0.772. The Morgan fingerprint density at radius 3 is 2.07 bits per heavy atom. The number of nitrogens with one attached hydrogen (secondary N) is 1. The molecule has 30 heavy (non-hydrogen) atoms. The molecule has 1 aliphatic rings. The molecule has 1 atom stereocenters. The average Bonchev–Trinajstić information content (AvgIpc) is 3.07. The number of aliphatic carboxylic acids is 1. The minimum absolute atomic E-state index is 0.0276. The van der Waals surface area contributed by atoms with Gasteiger partial charge >= 0.3 is 12.1 Å². The number of hydrogen-bond donors (Lipinski definition) is 2. The van der Waals surface area contributed by atoms with E-state index in [9.17, 15) is 19.1 Å². The van der Waals surface area contributed by atoms with Crippen LogP contribution in [0.4, 0.5) is 9.18 Å². The molecule has 0 aliphatic heterocycles. The molecule has 4 rings (SSSR count). The first-order chi connectivity index (χ1) is 14.5. The summed E-state index contributed by atoms with van der Waals surface area (Å²) in [6.45, 7) is 0.0999. The summed E-state index contributed by atoms with van der Waals surface area (Å²) >= 11 is 0. The zero-order valence-corrected chi connectivity index (χ0v) is 16.0. The second kappa shape index (κ2) is 8.37. The number of carbonyl (C=O) groups excluding carboxylic acids is 1. The van der Waals surface area contributed by atoms with Gasteiger partial charge in [0.1, 0.15) is 18.5 Å². The van der Waals surface area contributed by atoms with Gasteiger partial charge in [-0.2, -0.15) is 0 Å². The maximum atomic E-state index is 13.0. The fourth-order valence-electron chi connectivity index (χ4n) is 3.84. The zero-order chi connectivity index (χ0) is 21.1. The molecule has 0 aromatic heterocycles. The molecule has 0 unspecified atom stereocenters. The highest BCUT2D eigenvalue weighted by molar-refractivity contribution is 5.81. The lowest BCUT2D eigenvalue weighted by atomic mass is 9.98. The number of alkyl carbamates (subject to hydrolysis) is 1. The van der Waals surface area contributed by atoms with E-state index < -0.39 is 23.9 Å². The van der Waals surface area contributed by atoms with E-state index in [1.165, 1.54) is 24.3 Å². The Labute approximate surface area is 173 Å². The largest absolute Gasteiger partial charge is 0.480 e. The lowest BCUT2D eigenvalue weighted by molar-refractivity contribution is -0.139. The minimum Gasteiger partial charge on any atom is -0.480 e. The van der Waals surface area contributed by atoms with E-state index in [2.05, 4.69) is 5.32 Å². The Morgan fingerprint density at radius 2 is 1.50 bits per heavy atom. The van der Waals surface area contributed by atoms with Crippen molar-refractivity contribution in [3.8, 4) is 11.1 Å². The van der Waals surface area contributed by atoms with Gasteiger partial charge in [0.15, 0.2) is 0 Å². The summed E-state index contributed by atoms with van der Waals surface area (Å²) in [7, 11) is 0. The van der Waals surface area contributed by atoms with Crippen LogP contribution >= 0.6 is 0 Å². The monoisotopic (exact) mass is 405 g/mol. The van der Waals surface area contributed by atoms with Crippen molar-refractivity contribution in [1.82, 2.24) is 5.32 Å². The highest BCUT2D eigenvalue weighted by Gasteiger charge is 2.29. The molecule has 0 fully saturated rings. The molecule has 0 saturated heterocycles. The highest BCUT2D eigenvalue weighted by Crippen LogP contribution is 2.44. The maximum Gasteiger partial charge on any atom is 0.407 e. The molecule has 152 valence electrons. The third-order valence-electron chi connectivity index (χ3n) is 5.29. The van der Waals surface area contributed by atoms with Gasteiger partial charge in [0.2, 0.25) is 0 Å². The average molecular weight is 405 g/mol. The molecule has 6 heteroatoms. The van der Waals surface area contributed by atoms with Gasteiger partial charge in [-0.05, 0) is 39.9 Å². The van der Waals surface area contributed by atoms with Crippen LogP contribution in [0.1, 0.15) is 22.6 Å². The van der Waals surface area contributed by atoms with Crippen LogP contribution in [-0.2, 0) is 16.0 Å². The van der Waals surface area contributed by atoms with Crippen LogP contribution in [0, 0.1) is 5.82 Å². The second-order valence-electron chi connectivity index (χ2n) is 7.19. The molecule has 1 aliphatic carbocycles. The summed E-state index contributed by atoms with van der Waals surface area (Å²) in [5.41, 5.74) is 4.98. The normalized spacial score (nSPS) is 13.2. The van der Waals surface area contributed by atoms with Crippen molar-refractivity contribution in [3.63, 3.8) is 0 Å². The molecular weight excluding hydrogens is 385 g/mol. The predicted molar refractivity (Wildman–Crippen MR) is 110 cm³/mol. The Morgan fingerprint density at radius 1 is 0.933 bits per heavy atom. The van der Waals surface area contributed by atoms with Gasteiger partial charge in [-0.15, -0.1) is 0 Å². The van der Waals surface area contributed by atoms with Crippen molar-refractivity contribution >= 4 is 12.1 Å². The quantitative estimate of drug-likeness (QED) is 0.639. The van der Waals surface area contributed by atoms with Crippen molar-refractivity contribution in [3.05, 3.63) is 95.3 Å². The number of benzene rings is 3. The molecule has 3 aromatic carbocycles. The summed E-state index contributed by atoms with van der Waals surface area (Å²) in [5.74, 6) is -1.70. The van der Waals surface area contributed by atoms with E-state index in [1.807, 2.05) is 48.5 Å². The Balaban J connectivity index is 1.43. The van der Waals surface area contributed by atoms with E-state index in [4.69, 9.17) is 4.74 Å². The lowest BCUT2D eigenvalue weighted by Crippen LogP contribution is -2.42. The number of carbonyl (C=O) groups is 2. The molecule has 0 radical (unpaired) electrons. The first kappa shape index (κ1) is 19.6. The standard InChI is InChI=1S/C24H20FNO4/c25-16-11-9-15(10-12-16)13-22(23(27)28)26-24(29)30-14-21-19-7-3-1-5-17(19)18-6-2-4-8-20(18)21/h1-12,21-22H,13-14H2,(H,26,29)(H,27,28)/t22-/m0/s1. The Kier molecular flexibility index (Phi) is 5.48. The summed E-state index contributed by atoms with van der Waals surface area (Å²) in [5, 5.41) is 11.8. The minimum atomic E-state index is -1.19. The molecule has 5 nitrogen and oxygen atoms in total. The van der Waals surface area contributed by atoms with Gasteiger partial charge in [-0.3, -0.25) is 0 Å². The van der Waals surface area contributed by atoms with Crippen LogP contribution in [0.2, 0.25) is 0 Å². The highest BCUT2D eigenvalue weighted by atomic mass is 19.1. The predicted octanol–water partition coefficient (Wildman–Crippen LogP) is 4.36. The van der Waals surface area contributed by atoms with Crippen LogP contribution in [0.15, 0.2) is 72.8 Å². The molecule has 0 bridgehead atoms. The van der Waals surface area contributed by atoms with Crippen LogP contribution < -0.4 is 5.32 Å². The SMILES string of the molecule is O=C(N[C@@H](Cc1ccc(F)cc1)C(=O)O)OCC1c2ccccc2-c2ccccc21. The van der Waals surface area contributed by atoms with Crippen molar-refractivity contribution in [2.75, 3.05) is 6.61 Å². The van der Waals surface area contributed by atoms with E-state index in [0.717, 1.165) is 22.3 Å². The second-order valence-corrected chi connectivity index (χ2v) is 7.19. The van der Waals surface area contributed by atoms with Crippen LogP contribution in [0.3, 0.4) is 0 Å². The van der Waals surface area contributed by atoms with E-state index in [0.29, 0.717) is 5.56 Å². The maximum absolute atomic E-state index is 13.0. The number of carboxylic acid groups (broad SMARTS) is 1. The number of ether oxygens (including phenoxy) is 1. The number of carboxylic acids is 1. The van der Waals surface area contributed by atoms with Gasteiger partial charge in [0.25, 0.3) is 0 Å². The Hall–Kier alpha value is -3.67. The molecular formula is C24H20FNO4. The number of amides is 1. The van der Waals surface area contributed by atoms with Gasteiger partial charge in [0.05, 0.1) is 0 Å². The fourth-order valence-corrected chi connectivity index (χ4v) is 3.84. The third-order valence-corrected chi connectivity index (χ3v) is 5.29. The number of fused-ring (bicyclic) bond motifs is 3. The molecule has 1 amide bonds. The van der Waals surface area contributed by atoms with Crippen LogP contribution in [0.25, 0.3) is 11.1 Å². The summed E-state index contributed by atoms with van der Waals surface area (Å²) < 4.78 is 18.4. The van der Waals surface area contributed by atoms with E-state index in [1.54, 1.807) is 0 Å². The number of halogens is 1. The van der Waals surface area contributed by atoms with E-state index >= 15 is 0 Å². The van der Waals surface area contributed by atoms with Crippen LogP contribution in [-0.4, -0.2) is 29.8 Å². The van der Waals surface area contributed by atoms with Crippen molar-refractivity contribution in [2.45, 2.75) is 18.4 Å². The van der Waals surface area contributed by atoms with Gasteiger partial charge in [-0.25, -0.2) is 14.0 Å². The first-order valence-electron chi connectivity index (χ1n) is 9.61. The Bertz CT molecular complexity index is 1040. The van der Waals surface area contributed by atoms with Gasteiger partial charge in [0, 0.05) is 12.3 Å². The van der Waals surface area contributed by atoms with Crippen molar-refractivity contribution < 1.29 is 23.8 Å². The smallest absolute Gasteiger partial charge is 0.407 e. The summed E-state index contributed by atoms with van der Waals surface area (Å²) in [6, 6.07) is 20.2. The van der Waals surface area contributed by atoms with E-state index in [-0.39, 0.29) is 18.9 Å². The number of hydrogen-bond acceptors (Lipinski definition) is 3.